The molecule has 1 aliphatic rings. The molecule has 1 fully saturated rings. The zero-order valence-electron chi connectivity index (χ0n) is 14.9. The summed E-state index contributed by atoms with van der Waals surface area (Å²) in [5.74, 6) is 0.891. The fraction of sp³-hybridized carbons (Fsp3) is 0.350. The van der Waals surface area contributed by atoms with Crippen molar-refractivity contribution in [2.75, 3.05) is 43.0 Å². The van der Waals surface area contributed by atoms with Crippen molar-refractivity contribution in [3.63, 3.8) is 0 Å². The zero-order chi connectivity index (χ0) is 17.6. The van der Waals surface area contributed by atoms with E-state index < -0.39 is 0 Å². The Morgan fingerprint density at radius 2 is 1.72 bits per heavy atom. The van der Waals surface area contributed by atoms with E-state index in [1.807, 2.05) is 55.1 Å². The highest BCUT2D eigenvalue weighted by molar-refractivity contribution is 5.90. The fourth-order valence-electron chi connectivity index (χ4n) is 2.99. The fourth-order valence-corrected chi connectivity index (χ4v) is 2.99. The molecule has 0 spiro atoms. The van der Waals surface area contributed by atoms with E-state index in [1.165, 1.54) is 5.69 Å². The Bertz CT molecular complexity index is 707. The molecular weight excluding hydrogens is 314 g/mol. The summed E-state index contributed by atoms with van der Waals surface area (Å²) in [6.45, 7) is 7.74. The third-order valence-electron chi connectivity index (χ3n) is 4.47. The average Bonchev–Trinajstić information content (AvgIpc) is 2.65. The van der Waals surface area contributed by atoms with Crippen LogP contribution in [-0.2, 0) is 0 Å². The number of nitrogens with zero attached hydrogens (tertiary/aromatic N) is 2. The van der Waals surface area contributed by atoms with Gasteiger partial charge in [-0.25, -0.2) is 4.79 Å². The normalized spacial score (nSPS) is 14.3. The Kier molecular flexibility index (Phi) is 5.43. The van der Waals surface area contributed by atoms with E-state index >= 15 is 0 Å². The van der Waals surface area contributed by atoms with Gasteiger partial charge in [-0.2, -0.15) is 0 Å². The van der Waals surface area contributed by atoms with Crippen LogP contribution in [-0.4, -0.2) is 43.7 Å². The van der Waals surface area contributed by atoms with Gasteiger partial charge in [0.15, 0.2) is 0 Å². The number of rotatable bonds is 4. The number of anilines is 2. The first-order valence-electron chi connectivity index (χ1n) is 8.76. The molecule has 0 unspecified atom stereocenters. The molecule has 25 heavy (non-hydrogen) atoms. The van der Waals surface area contributed by atoms with Crippen LogP contribution in [0.15, 0.2) is 48.5 Å². The first-order valence-corrected chi connectivity index (χ1v) is 8.76. The monoisotopic (exact) mass is 339 g/mol. The largest absolute Gasteiger partial charge is 0.494 e. The molecule has 3 rings (SSSR count). The Hall–Kier alpha value is -2.69. The summed E-state index contributed by atoms with van der Waals surface area (Å²) in [6.07, 6.45) is 0. The van der Waals surface area contributed by atoms with Gasteiger partial charge in [0.2, 0.25) is 0 Å². The Morgan fingerprint density at radius 1 is 1.04 bits per heavy atom. The third kappa shape index (κ3) is 4.24. The van der Waals surface area contributed by atoms with Gasteiger partial charge in [-0.05, 0) is 49.7 Å². The van der Waals surface area contributed by atoms with Crippen molar-refractivity contribution >= 4 is 17.4 Å². The second-order valence-corrected chi connectivity index (χ2v) is 6.15. The lowest BCUT2D eigenvalue weighted by atomic mass is 10.2. The third-order valence-corrected chi connectivity index (χ3v) is 4.47. The van der Waals surface area contributed by atoms with Crippen LogP contribution in [0.3, 0.4) is 0 Å². The van der Waals surface area contributed by atoms with Crippen LogP contribution in [0.25, 0.3) is 0 Å². The number of carbonyl (C=O) groups excluding carboxylic acids is 1. The van der Waals surface area contributed by atoms with Gasteiger partial charge in [0.25, 0.3) is 0 Å². The molecule has 1 saturated heterocycles. The molecule has 0 aromatic heterocycles. The number of para-hydroxylation sites is 1. The van der Waals surface area contributed by atoms with Gasteiger partial charge < -0.3 is 19.9 Å². The smallest absolute Gasteiger partial charge is 0.321 e. The molecule has 2 amide bonds. The maximum Gasteiger partial charge on any atom is 0.321 e. The van der Waals surface area contributed by atoms with Gasteiger partial charge in [-0.3, -0.25) is 0 Å². The minimum Gasteiger partial charge on any atom is -0.494 e. The minimum absolute atomic E-state index is 0.0272. The zero-order valence-corrected chi connectivity index (χ0v) is 14.9. The highest BCUT2D eigenvalue weighted by atomic mass is 16.5. The maximum atomic E-state index is 12.5. The standard InChI is InChI=1S/C20H25N3O2/c1-3-25-18-10-8-17(9-11-18)22-12-14-23(15-13-22)20(24)21-19-7-5-4-6-16(19)2/h4-11H,3,12-15H2,1-2H3,(H,21,24). The molecular formula is C20H25N3O2. The summed E-state index contributed by atoms with van der Waals surface area (Å²) in [6, 6.07) is 16.0. The molecule has 1 aliphatic heterocycles. The van der Waals surface area contributed by atoms with Crippen LogP contribution in [0.1, 0.15) is 12.5 Å². The molecule has 5 heteroatoms. The number of benzene rings is 2. The SMILES string of the molecule is CCOc1ccc(N2CCN(C(=O)Nc3ccccc3C)CC2)cc1. The van der Waals surface area contributed by atoms with Crippen LogP contribution in [0, 0.1) is 6.92 Å². The number of amides is 2. The topological polar surface area (TPSA) is 44.8 Å². The van der Waals surface area contributed by atoms with Crippen LogP contribution in [0.4, 0.5) is 16.2 Å². The van der Waals surface area contributed by atoms with Crippen molar-refractivity contribution in [2.45, 2.75) is 13.8 Å². The summed E-state index contributed by atoms with van der Waals surface area (Å²) in [5.41, 5.74) is 3.12. The average molecular weight is 339 g/mol. The van der Waals surface area contributed by atoms with Gasteiger partial charge in [0.05, 0.1) is 6.61 Å². The number of aryl methyl sites for hydroxylation is 1. The summed E-state index contributed by atoms with van der Waals surface area (Å²) in [5, 5.41) is 3.01. The molecule has 2 aromatic rings. The van der Waals surface area contributed by atoms with Crippen molar-refractivity contribution in [1.82, 2.24) is 4.90 Å². The molecule has 5 nitrogen and oxygen atoms in total. The summed E-state index contributed by atoms with van der Waals surface area (Å²) in [4.78, 5) is 16.6. The van der Waals surface area contributed by atoms with Crippen molar-refractivity contribution in [1.29, 1.82) is 0 Å². The Morgan fingerprint density at radius 3 is 2.36 bits per heavy atom. The van der Waals surface area contributed by atoms with E-state index in [9.17, 15) is 4.79 Å². The van der Waals surface area contributed by atoms with E-state index in [0.717, 1.165) is 30.1 Å². The number of urea groups is 1. The number of piperazine rings is 1. The number of hydrogen-bond acceptors (Lipinski definition) is 3. The van der Waals surface area contributed by atoms with Gasteiger partial charge in [-0.15, -0.1) is 0 Å². The predicted molar refractivity (Wildman–Crippen MR) is 102 cm³/mol. The summed E-state index contributed by atoms with van der Waals surface area (Å²) >= 11 is 0. The van der Waals surface area contributed by atoms with E-state index in [4.69, 9.17) is 4.74 Å². The lowest BCUT2D eigenvalue weighted by molar-refractivity contribution is 0.208. The van der Waals surface area contributed by atoms with Crippen LogP contribution in [0.2, 0.25) is 0 Å². The molecule has 0 aliphatic carbocycles. The van der Waals surface area contributed by atoms with E-state index in [2.05, 4.69) is 22.3 Å². The van der Waals surface area contributed by atoms with Crippen LogP contribution in [0.5, 0.6) is 5.75 Å². The van der Waals surface area contributed by atoms with Crippen molar-refractivity contribution < 1.29 is 9.53 Å². The highest BCUT2D eigenvalue weighted by Gasteiger charge is 2.21. The van der Waals surface area contributed by atoms with Crippen molar-refractivity contribution in [2.24, 2.45) is 0 Å². The molecule has 2 aromatic carbocycles. The second kappa shape index (κ2) is 7.92. The van der Waals surface area contributed by atoms with Gasteiger partial charge in [0.1, 0.15) is 5.75 Å². The molecule has 0 bridgehead atoms. The van der Waals surface area contributed by atoms with Gasteiger partial charge in [-0.1, -0.05) is 18.2 Å². The number of hydrogen-bond donors (Lipinski definition) is 1. The van der Waals surface area contributed by atoms with Crippen LogP contribution >= 0.6 is 0 Å². The number of ether oxygens (including phenoxy) is 1. The minimum atomic E-state index is -0.0272. The molecule has 0 radical (unpaired) electrons. The summed E-state index contributed by atoms with van der Waals surface area (Å²) < 4.78 is 5.48. The molecule has 132 valence electrons. The Labute approximate surface area is 149 Å². The van der Waals surface area contributed by atoms with E-state index in [-0.39, 0.29) is 6.03 Å². The second-order valence-electron chi connectivity index (χ2n) is 6.15. The molecule has 1 N–H and O–H groups in total. The number of carbonyl (C=O) groups is 1. The molecule has 0 saturated carbocycles. The molecule has 0 atom stereocenters. The Balaban J connectivity index is 1.54. The van der Waals surface area contributed by atoms with Gasteiger partial charge >= 0.3 is 6.03 Å². The first-order chi connectivity index (χ1) is 12.2. The lowest BCUT2D eigenvalue weighted by Gasteiger charge is -2.36. The predicted octanol–water partition coefficient (Wildman–Crippen LogP) is 3.75. The highest BCUT2D eigenvalue weighted by Crippen LogP contribution is 2.21. The van der Waals surface area contributed by atoms with Crippen molar-refractivity contribution in [3.05, 3.63) is 54.1 Å². The first kappa shape index (κ1) is 17.1. The van der Waals surface area contributed by atoms with Crippen molar-refractivity contribution in [3.8, 4) is 5.75 Å². The van der Waals surface area contributed by atoms with E-state index in [1.54, 1.807) is 0 Å². The maximum absolute atomic E-state index is 12.5. The van der Waals surface area contributed by atoms with Crippen LogP contribution < -0.4 is 15.0 Å². The summed E-state index contributed by atoms with van der Waals surface area (Å²) in [7, 11) is 0. The van der Waals surface area contributed by atoms with Gasteiger partial charge in [0, 0.05) is 37.6 Å². The molecule has 1 heterocycles. The lowest BCUT2D eigenvalue weighted by Crippen LogP contribution is -2.50. The quantitative estimate of drug-likeness (QED) is 0.923. The van der Waals surface area contributed by atoms with E-state index in [0.29, 0.717) is 19.7 Å². The number of nitrogens with one attached hydrogen (secondary N) is 1.